The van der Waals surface area contributed by atoms with Gasteiger partial charge in [0.1, 0.15) is 10.8 Å². The van der Waals surface area contributed by atoms with Gasteiger partial charge in [0, 0.05) is 10.9 Å². The third kappa shape index (κ3) is 3.89. The van der Waals surface area contributed by atoms with E-state index in [0.717, 1.165) is 10.6 Å². The van der Waals surface area contributed by atoms with Crippen LogP contribution in [0.2, 0.25) is 0 Å². The van der Waals surface area contributed by atoms with Crippen molar-refractivity contribution in [1.29, 1.82) is 0 Å². The van der Waals surface area contributed by atoms with Crippen molar-refractivity contribution in [3.8, 4) is 0 Å². The van der Waals surface area contributed by atoms with Gasteiger partial charge in [-0.2, -0.15) is 0 Å². The molecule has 0 aliphatic carbocycles. The van der Waals surface area contributed by atoms with E-state index >= 15 is 0 Å². The highest BCUT2D eigenvalue weighted by molar-refractivity contribution is 7.90. The van der Waals surface area contributed by atoms with Crippen LogP contribution < -0.4 is 5.73 Å². The lowest BCUT2D eigenvalue weighted by molar-refractivity contribution is 0.589. The lowest BCUT2D eigenvalue weighted by Gasteiger charge is -2.04. The number of hydrogen-bond acceptors (Lipinski definition) is 5. The first-order valence-electron chi connectivity index (χ1n) is 4.69. The molecule has 0 radical (unpaired) electrons. The van der Waals surface area contributed by atoms with Crippen molar-refractivity contribution in [3.63, 3.8) is 0 Å². The molecule has 0 aromatic carbocycles. The summed E-state index contributed by atoms with van der Waals surface area (Å²) in [5, 5.41) is 0.658. The molecule has 1 unspecified atom stereocenters. The van der Waals surface area contributed by atoms with Crippen LogP contribution in [0.15, 0.2) is 0 Å². The molecule has 0 saturated heterocycles. The molecule has 15 heavy (non-hydrogen) atoms. The summed E-state index contributed by atoms with van der Waals surface area (Å²) < 4.78 is 23.2. The van der Waals surface area contributed by atoms with Gasteiger partial charge in [-0.05, 0) is 20.8 Å². The van der Waals surface area contributed by atoms with Gasteiger partial charge >= 0.3 is 0 Å². The van der Waals surface area contributed by atoms with Gasteiger partial charge < -0.3 is 5.73 Å². The highest BCUT2D eigenvalue weighted by Gasteiger charge is 2.17. The Morgan fingerprint density at radius 2 is 2.07 bits per heavy atom. The van der Waals surface area contributed by atoms with Gasteiger partial charge in [-0.1, -0.05) is 0 Å². The van der Waals surface area contributed by atoms with Crippen molar-refractivity contribution in [2.75, 3.05) is 5.75 Å². The smallest absolute Gasteiger partial charge is 0.158 e. The molecule has 0 spiro atoms. The topological polar surface area (TPSA) is 73.0 Å². The van der Waals surface area contributed by atoms with Crippen molar-refractivity contribution in [2.24, 2.45) is 5.73 Å². The summed E-state index contributed by atoms with van der Waals surface area (Å²) in [5.74, 6) is 0.0264. The van der Waals surface area contributed by atoms with E-state index in [1.807, 2.05) is 13.8 Å². The molecule has 1 atom stereocenters. The fraction of sp³-hybridized carbons (Fsp3) is 0.667. The minimum atomic E-state index is -3.11. The standard InChI is InChI=1S/C9H16N2O2S2/c1-6(10)4-15(12,13)5-9-11-7(2)8(3)14-9/h6H,4-5,10H2,1-3H3. The summed E-state index contributed by atoms with van der Waals surface area (Å²) in [6.45, 7) is 5.51. The molecule has 1 aromatic rings. The van der Waals surface area contributed by atoms with Gasteiger partial charge in [-0.3, -0.25) is 0 Å². The molecule has 0 saturated carbocycles. The molecule has 6 heteroatoms. The molecular formula is C9H16N2O2S2. The van der Waals surface area contributed by atoms with E-state index in [1.165, 1.54) is 11.3 Å². The van der Waals surface area contributed by atoms with Crippen LogP contribution >= 0.6 is 11.3 Å². The number of sulfone groups is 1. The van der Waals surface area contributed by atoms with Gasteiger partial charge in [-0.25, -0.2) is 13.4 Å². The Balaban J connectivity index is 2.78. The highest BCUT2D eigenvalue weighted by Crippen LogP contribution is 2.18. The molecule has 1 rings (SSSR count). The Labute approximate surface area is 94.4 Å². The average molecular weight is 248 g/mol. The first-order valence-corrected chi connectivity index (χ1v) is 7.33. The number of aromatic nitrogens is 1. The average Bonchev–Trinajstić information content (AvgIpc) is 2.25. The Morgan fingerprint density at radius 1 is 1.47 bits per heavy atom. The van der Waals surface area contributed by atoms with Gasteiger partial charge in [0.2, 0.25) is 0 Å². The van der Waals surface area contributed by atoms with Crippen LogP contribution in [0.1, 0.15) is 22.5 Å². The third-order valence-corrected chi connectivity index (χ3v) is 4.94. The zero-order chi connectivity index (χ0) is 11.6. The molecule has 0 bridgehead atoms. The van der Waals surface area contributed by atoms with Crippen LogP contribution in [0.4, 0.5) is 0 Å². The number of nitrogens with zero attached hydrogens (tertiary/aromatic N) is 1. The van der Waals surface area contributed by atoms with E-state index in [2.05, 4.69) is 4.98 Å². The fourth-order valence-electron chi connectivity index (χ4n) is 1.25. The largest absolute Gasteiger partial charge is 0.327 e. The van der Waals surface area contributed by atoms with E-state index in [4.69, 9.17) is 5.73 Å². The summed E-state index contributed by atoms with van der Waals surface area (Å²) >= 11 is 1.44. The number of nitrogens with two attached hydrogens (primary N) is 1. The summed E-state index contributed by atoms with van der Waals surface area (Å²) in [7, 11) is -3.11. The van der Waals surface area contributed by atoms with Crippen LogP contribution in [-0.2, 0) is 15.6 Å². The monoisotopic (exact) mass is 248 g/mol. The molecule has 86 valence electrons. The first kappa shape index (κ1) is 12.6. The minimum absolute atomic E-state index is 0.00782. The minimum Gasteiger partial charge on any atom is -0.327 e. The molecular weight excluding hydrogens is 232 g/mol. The maximum Gasteiger partial charge on any atom is 0.158 e. The second kappa shape index (κ2) is 4.59. The number of thiazole rings is 1. The Hall–Kier alpha value is -0.460. The van der Waals surface area contributed by atoms with Crippen molar-refractivity contribution < 1.29 is 8.42 Å². The van der Waals surface area contributed by atoms with E-state index in [1.54, 1.807) is 6.92 Å². The van der Waals surface area contributed by atoms with Crippen LogP contribution in [-0.4, -0.2) is 25.2 Å². The van der Waals surface area contributed by atoms with Crippen LogP contribution in [0.3, 0.4) is 0 Å². The van der Waals surface area contributed by atoms with Gasteiger partial charge in [-0.15, -0.1) is 11.3 Å². The molecule has 1 aromatic heterocycles. The Kier molecular flexibility index (Phi) is 3.86. The Morgan fingerprint density at radius 3 is 2.47 bits per heavy atom. The quantitative estimate of drug-likeness (QED) is 0.863. The number of hydrogen-bond donors (Lipinski definition) is 1. The van der Waals surface area contributed by atoms with Gasteiger partial charge in [0.25, 0.3) is 0 Å². The van der Waals surface area contributed by atoms with E-state index < -0.39 is 9.84 Å². The Bertz CT molecular complexity index is 415. The molecule has 1 heterocycles. The van der Waals surface area contributed by atoms with Crippen LogP contribution in [0, 0.1) is 13.8 Å². The van der Waals surface area contributed by atoms with Gasteiger partial charge in [0.15, 0.2) is 9.84 Å². The zero-order valence-corrected chi connectivity index (χ0v) is 10.8. The SMILES string of the molecule is Cc1nc(CS(=O)(=O)CC(C)N)sc1C. The van der Waals surface area contributed by atoms with Crippen molar-refractivity contribution in [2.45, 2.75) is 32.6 Å². The van der Waals surface area contributed by atoms with Gasteiger partial charge in [0.05, 0.1) is 11.4 Å². The highest BCUT2D eigenvalue weighted by atomic mass is 32.2. The molecule has 0 amide bonds. The van der Waals surface area contributed by atoms with Crippen molar-refractivity contribution >= 4 is 21.2 Å². The third-order valence-electron chi connectivity index (χ3n) is 1.93. The number of aryl methyl sites for hydroxylation is 2. The fourth-order valence-corrected chi connectivity index (χ4v) is 4.11. The predicted molar refractivity (Wildman–Crippen MR) is 62.7 cm³/mol. The molecule has 0 fully saturated rings. The molecule has 4 nitrogen and oxygen atoms in total. The zero-order valence-electron chi connectivity index (χ0n) is 9.15. The summed E-state index contributed by atoms with van der Waals surface area (Å²) in [6, 6.07) is -0.322. The lowest BCUT2D eigenvalue weighted by atomic mass is 10.4. The second-order valence-electron chi connectivity index (χ2n) is 3.78. The van der Waals surface area contributed by atoms with Crippen LogP contribution in [0.5, 0.6) is 0 Å². The lowest BCUT2D eigenvalue weighted by Crippen LogP contribution is -2.26. The van der Waals surface area contributed by atoms with Crippen molar-refractivity contribution in [1.82, 2.24) is 4.98 Å². The first-order chi connectivity index (χ1) is 6.80. The maximum absolute atomic E-state index is 11.6. The number of rotatable bonds is 4. The summed E-state index contributed by atoms with van der Waals surface area (Å²) in [5.41, 5.74) is 6.38. The van der Waals surface area contributed by atoms with Crippen LogP contribution in [0.25, 0.3) is 0 Å². The molecule has 2 N–H and O–H groups in total. The van der Waals surface area contributed by atoms with E-state index in [9.17, 15) is 8.42 Å². The second-order valence-corrected chi connectivity index (χ2v) is 7.18. The predicted octanol–water partition coefficient (Wildman–Crippen LogP) is 1.02. The normalized spacial score (nSPS) is 14.1. The molecule has 0 aliphatic rings. The van der Waals surface area contributed by atoms with E-state index in [-0.39, 0.29) is 17.5 Å². The van der Waals surface area contributed by atoms with Crippen molar-refractivity contribution in [3.05, 3.63) is 15.6 Å². The maximum atomic E-state index is 11.6. The summed E-state index contributed by atoms with van der Waals surface area (Å²) in [4.78, 5) is 5.27. The summed E-state index contributed by atoms with van der Waals surface area (Å²) in [6.07, 6.45) is 0. The van der Waals surface area contributed by atoms with E-state index in [0.29, 0.717) is 5.01 Å². The molecule has 0 aliphatic heterocycles.